The SMILES string of the molecule is CC(=O)Oc1ccc2c(c1)OC(N)=C(C(=O)O)C2c1cnc2ccccc2c1. The largest absolute Gasteiger partial charge is 0.478 e. The molecule has 1 aliphatic rings. The van der Waals surface area contributed by atoms with E-state index in [2.05, 4.69) is 4.98 Å². The number of para-hydroxylation sites is 1. The maximum absolute atomic E-state index is 11.9. The first-order valence-corrected chi connectivity index (χ1v) is 8.52. The highest BCUT2D eigenvalue weighted by atomic mass is 16.5. The molecule has 140 valence electrons. The molecule has 0 radical (unpaired) electrons. The number of hydrogen-bond donors (Lipinski definition) is 2. The van der Waals surface area contributed by atoms with Crippen LogP contribution in [-0.4, -0.2) is 22.0 Å². The van der Waals surface area contributed by atoms with E-state index in [-0.39, 0.29) is 17.2 Å². The number of fused-ring (bicyclic) bond motifs is 2. The third-order valence-electron chi connectivity index (χ3n) is 4.51. The second-order valence-corrected chi connectivity index (χ2v) is 6.37. The molecule has 0 saturated carbocycles. The summed E-state index contributed by atoms with van der Waals surface area (Å²) < 4.78 is 10.6. The maximum Gasteiger partial charge on any atom is 0.337 e. The molecule has 0 saturated heterocycles. The highest BCUT2D eigenvalue weighted by molar-refractivity contribution is 5.91. The number of carbonyl (C=O) groups excluding carboxylic acids is 1. The molecule has 7 heteroatoms. The molecule has 0 aliphatic carbocycles. The summed E-state index contributed by atoms with van der Waals surface area (Å²) in [7, 11) is 0. The Morgan fingerprint density at radius 2 is 1.96 bits per heavy atom. The quantitative estimate of drug-likeness (QED) is 0.534. The van der Waals surface area contributed by atoms with Crippen molar-refractivity contribution >= 4 is 22.8 Å². The number of benzene rings is 2. The lowest BCUT2D eigenvalue weighted by Crippen LogP contribution is -2.26. The van der Waals surface area contributed by atoms with E-state index >= 15 is 0 Å². The Morgan fingerprint density at radius 3 is 2.71 bits per heavy atom. The molecular weight excluding hydrogens is 360 g/mol. The van der Waals surface area contributed by atoms with Crippen LogP contribution in [0.5, 0.6) is 11.5 Å². The highest BCUT2D eigenvalue weighted by Crippen LogP contribution is 2.44. The van der Waals surface area contributed by atoms with E-state index in [4.69, 9.17) is 15.2 Å². The van der Waals surface area contributed by atoms with Gasteiger partial charge in [0.1, 0.15) is 17.1 Å². The fourth-order valence-electron chi connectivity index (χ4n) is 3.36. The molecule has 1 unspecified atom stereocenters. The lowest BCUT2D eigenvalue weighted by atomic mass is 9.83. The number of carboxylic acids is 1. The standard InChI is InChI=1S/C21H16N2O5/c1-11(24)27-14-6-7-15-17(9-14)28-20(22)19(21(25)26)18(15)13-8-12-4-2-3-5-16(12)23-10-13/h2-10,18H,22H2,1H3,(H,25,26). The Hall–Kier alpha value is -3.87. The van der Waals surface area contributed by atoms with Crippen LogP contribution in [0.15, 0.2) is 66.2 Å². The molecule has 1 atom stereocenters. The summed E-state index contributed by atoms with van der Waals surface area (Å²) in [5.41, 5.74) is 7.94. The molecule has 3 aromatic rings. The Labute approximate surface area is 160 Å². The number of nitrogens with two attached hydrogens (primary N) is 1. The average molecular weight is 376 g/mol. The van der Waals surface area contributed by atoms with Gasteiger partial charge < -0.3 is 20.3 Å². The van der Waals surface area contributed by atoms with Crippen LogP contribution in [0.3, 0.4) is 0 Å². The van der Waals surface area contributed by atoms with Gasteiger partial charge in [-0.05, 0) is 23.8 Å². The molecule has 0 bridgehead atoms. The molecule has 2 heterocycles. The van der Waals surface area contributed by atoms with Crippen molar-refractivity contribution in [1.82, 2.24) is 4.98 Å². The van der Waals surface area contributed by atoms with Gasteiger partial charge in [0.2, 0.25) is 5.88 Å². The Balaban J connectivity index is 1.89. The predicted octanol–water partition coefficient (Wildman–Crippen LogP) is 2.94. The van der Waals surface area contributed by atoms with E-state index in [0.29, 0.717) is 16.9 Å². The van der Waals surface area contributed by atoms with E-state index in [9.17, 15) is 14.7 Å². The molecular formula is C21H16N2O5. The fourth-order valence-corrected chi connectivity index (χ4v) is 3.36. The van der Waals surface area contributed by atoms with Gasteiger partial charge in [0, 0.05) is 30.1 Å². The van der Waals surface area contributed by atoms with Crippen LogP contribution in [0.2, 0.25) is 0 Å². The number of esters is 1. The summed E-state index contributed by atoms with van der Waals surface area (Å²) in [6.45, 7) is 1.29. The van der Waals surface area contributed by atoms with Crippen LogP contribution >= 0.6 is 0 Å². The van der Waals surface area contributed by atoms with Gasteiger partial charge in [0.05, 0.1) is 11.4 Å². The van der Waals surface area contributed by atoms with Crippen molar-refractivity contribution in [3.05, 3.63) is 77.3 Å². The Bertz CT molecular complexity index is 1150. The second-order valence-electron chi connectivity index (χ2n) is 6.37. The van der Waals surface area contributed by atoms with Gasteiger partial charge in [-0.3, -0.25) is 9.78 Å². The molecule has 4 rings (SSSR count). The molecule has 0 fully saturated rings. The number of carboxylic acid groups (broad SMARTS) is 1. The molecule has 0 spiro atoms. The predicted molar refractivity (Wildman–Crippen MR) is 101 cm³/mol. The Morgan fingerprint density at radius 1 is 1.18 bits per heavy atom. The second kappa shape index (κ2) is 6.70. The average Bonchev–Trinajstić information content (AvgIpc) is 2.65. The maximum atomic E-state index is 11.9. The number of aromatic nitrogens is 1. The lowest BCUT2D eigenvalue weighted by molar-refractivity contribution is -0.133. The zero-order valence-electron chi connectivity index (χ0n) is 14.9. The molecule has 0 amide bonds. The first-order chi connectivity index (χ1) is 13.4. The van der Waals surface area contributed by atoms with E-state index in [1.54, 1.807) is 18.3 Å². The third kappa shape index (κ3) is 3.03. The zero-order valence-corrected chi connectivity index (χ0v) is 14.9. The summed E-state index contributed by atoms with van der Waals surface area (Å²) in [4.78, 5) is 27.6. The molecule has 7 nitrogen and oxygen atoms in total. The van der Waals surface area contributed by atoms with E-state index in [0.717, 1.165) is 10.9 Å². The third-order valence-corrected chi connectivity index (χ3v) is 4.51. The van der Waals surface area contributed by atoms with Crippen molar-refractivity contribution in [1.29, 1.82) is 0 Å². The number of ether oxygens (including phenoxy) is 2. The van der Waals surface area contributed by atoms with Gasteiger partial charge >= 0.3 is 11.9 Å². The number of hydrogen-bond acceptors (Lipinski definition) is 6. The molecule has 28 heavy (non-hydrogen) atoms. The summed E-state index contributed by atoms with van der Waals surface area (Å²) in [5.74, 6) is -1.92. The number of carbonyl (C=O) groups is 2. The van der Waals surface area contributed by atoms with Gasteiger partial charge in [-0.2, -0.15) is 0 Å². The van der Waals surface area contributed by atoms with Gasteiger partial charge in [-0.15, -0.1) is 0 Å². The molecule has 1 aliphatic heterocycles. The van der Waals surface area contributed by atoms with Gasteiger partial charge in [-0.25, -0.2) is 4.79 Å². The molecule has 3 N–H and O–H groups in total. The van der Waals surface area contributed by atoms with E-state index < -0.39 is 17.9 Å². The zero-order chi connectivity index (χ0) is 19.8. The molecule has 1 aromatic heterocycles. The summed E-state index contributed by atoms with van der Waals surface area (Å²) in [6.07, 6.45) is 1.64. The Kier molecular flexibility index (Phi) is 4.19. The summed E-state index contributed by atoms with van der Waals surface area (Å²) in [5, 5.41) is 10.6. The highest BCUT2D eigenvalue weighted by Gasteiger charge is 2.35. The van der Waals surface area contributed by atoms with Crippen molar-refractivity contribution in [2.75, 3.05) is 0 Å². The number of pyridine rings is 1. The normalized spacial score (nSPS) is 15.7. The topological polar surface area (TPSA) is 112 Å². The number of rotatable bonds is 3. The van der Waals surface area contributed by atoms with Crippen molar-refractivity contribution in [2.45, 2.75) is 12.8 Å². The van der Waals surface area contributed by atoms with Crippen molar-refractivity contribution < 1.29 is 24.2 Å². The first kappa shape index (κ1) is 17.5. The fraction of sp³-hybridized carbons (Fsp3) is 0.0952. The van der Waals surface area contributed by atoms with Gasteiger partial charge in [-0.1, -0.05) is 24.3 Å². The van der Waals surface area contributed by atoms with Crippen LogP contribution in [0.1, 0.15) is 24.0 Å². The van der Waals surface area contributed by atoms with Gasteiger partial charge in [0.25, 0.3) is 0 Å². The summed E-state index contributed by atoms with van der Waals surface area (Å²) >= 11 is 0. The van der Waals surface area contributed by atoms with Crippen molar-refractivity contribution in [3.63, 3.8) is 0 Å². The number of nitrogens with zero attached hydrogens (tertiary/aromatic N) is 1. The minimum Gasteiger partial charge on any atom is -0.478 e. The van der Waals surface area contributed by atoms with Crippen molar-refractivity contribution in [3.8, 4) is 11.5 Å². The number of aliphatic carboxylic acids is 1. The van der Waals surface area contributed by atoms with Crippen LogP contribution < -0.4 is 15.2 Å². The van der Waals surface area contributed by atoms with Crippen LogP contribution in [0, 0.1) is 0 Å². The lowest BCUT2D eigenvalue weighted by Gasteiger charge is -2.27. The van der Waals surface area contributed by atoms with Crippen LogP contribution in [0.4, 0.5) is 0 Å². The first-order valence-electron chi connectivity index (χ1n) is 8.52. The van der Waals surface area contributed by atoms with E-state index in [1.165, 1.54) is 13.0 Å². The van der Waals surface area contributed by atoms with Crippen LogP contribution in [-0.2, 0) is 9.59 Å². The minimum atomic E-state index is -1.18. The van der Waals surface area contributed by atoms with Gasteiger partial charge in [0.15, 0.2) is 0 Å². The van der Waals surface area contributed by atoms with Crippen molar-refractivity contribution in [2.24, 2.45) is 5.73 Å². The smallest absolute Gasteiger partial charge is 0.337 e. The monoisotopic (exact) mass is 376 g/mol. The van der Waals surface area contributed by atoms with E-state index in [1.807, 2.05) is 30.3 Å². The minimum absolute atomic E-state index is 0.0650. The summed E-state index contributed by atoms with van der Waals surface area (Å²) in [6, 6.07) is 14.2. The van der Waals surface area contributed by atoms with Crippen LogP contribution in [0.25, 0.3) is 10.9 Å². The molecule has 2 aromatic carbocycles.